The van der Waals surface area contributed by atoms with E-state index in [1.807, 2.05) is 0 Å². The van der Waals surface area contributed by atoms with Crippen LogP contribution in [0.25, 0.3) is 0 Å². The standard InChI is InChI=1S/C38H79NO2/c1-2-39(35-31-27-23-19-15-11-7-3-5-9-13-17-21-25-29-33-37-40)36-32-28-24-20-16-12-8-4-6-10-14-18-22-26-30-34-38-41/h40-41H,2-38H2,1H3. The second kappa shape index (κ2) is 37.9. The van der Waals surface area contributed by atoms with E-state index >= 15 is 0 Å². The van der Waals surface area contributed by atoms with Crippen molar-refractivity contribution in [2.45, 2.75) is 212 Å². The maximum absolute atomic E-state index is 8.80. The van der Waals surface area contributed by atoms with Gasteiger partial charge in [-0.15, -0.1) is 0 Å². The zero-order valence-electron chi connectivity index (χ0n) is 28.5. The fourth-order valence-electron chi connectivity index (χ4n) is 6.27. The maximum Gasteiger partial charge on any atom is 0.0431 e. The van der Waals surface area contributed by atoms with E-state index in [0.717, 1.165) is 12.8 Å². The molecule has 0 saturated heterocycles. The zero-order valence-corrected chi connectivity index (χ0v) is 28.5. The SMILES string of the molecule is CCN(CCCCCCCCCCCCCCCCCCO)CCCCCCCCCCCCCCCCCCO. The van der Waals surface area contributed by atoms with Gasteiger partial charge in [-0.3, -0.25) is 0 Å². The summed E-state index contributed by atoms with van der Waals surface area (Å²) in [6.45, 7) is 6.96. The number of hydrogen-bond donors (Lipinski definition) is 2. The fraction of sp³-hybridized carbons (Fsp3) is 1.00. The monoisotopic (exact) mass is 582 g/mol. The highest BCUT2D eigenvalue weighted by atomic mass is 16.3. The number of aliphatic hydroxyl groups excluding tert-OH is 2. The van der Waals surface area contributed by atoms with E-state index in [-0.39, 0.29) is 0 Å². The van der Waals surface area contributed by atoms with E-state index < -0.39 is 0 Å². The highest BCUT2D eigenvalue weighted by Gasteiger charge is 2.02. The molecule has 0 amide bonds. The van der Waals surface area contributed by atoms with Crippen LogP contribution in [-0.2, 0) is 0 Å². The van der Waals surface area contributed by atoms with E-state index in [0.29, 0.717) is 13.2 Å². The Morgan fingerprint density at radius 2 is 0.439 bits per heavy atom. The summed E-state index contributed by atoms with van der Waals surface area (Å²) in [6.07, 6.45) is 44.2. The van der Waals surface area contributed by atoms with Crippen LogP contribution in [0.5, 0.6) is 0 Å². The Morgan fingerprint density at radius 1 is 0.268 bits per heavy atom. The maximum atomic E-state index is 8.80. The van der Waals surface area contributed by atoms with E-state index in [2.05, 4.69) is 11.8 Å². The largest absolute Gasteiger partial charge is 0.396 e. The lowest BCUT2D eigenvalue weighted by Gasteiger charge is -2.20. The number of rotatable bonds is 37. The Hall–Kier alpha value is -0.120. The minimum absolute atomic E-state index is 0.369. The summed E-state index contributed by atoms with van der Waals surface area (Å²) in [7, 11) is 0. The average Bonchev–Trinajstić information content (AvgIpc) is 2.99. The first-order chi connectivity index (χ1) is 20.3. The van der Waals surface area contributed by atoms with Gasteiger partial charge in [0.2, 0.25) is 0 Å². The van der Waals surface area contributed by atoms with E-state index in [4.69, 9.17) is 10.2 Å². The van der Waals surface area contributed by atoms with Crippen LogP contribution < -0.4 is 0 Å². The second-order valence-electron chi connectivity index (χ2n) is 13.2. The molecule has 0 spiro atoms. The van der Waals surface area contributed by atoms with Crippen LogP contribution in [0.3, 0.4) is 0 Å². The van der Waals surface area contributed by atoms with Gasteiger partial charge >= 0.3 is 0 Å². The van der Waals surface area contributed by atoms with Crippen molar-refractivity contribution >= 4 is 0 Å². The van der Waals surface area contributed by atoms with Gasteiger partial charge in [0.1, 0.15) is 0 Å². The van der Waals surface area contributed by atoms with Gasteiger partial charge in [-0.2, -0.15) is 0 Å². The highest BCUT2D eigenvalue weighted by Crippen LogP contribution is 2.15. The van der Waals surface area contributed by atoms with E-state index in [9.17, 15) is 0 Å². The molecular weight excluding hydrogens is 502 g/mol. The molecule has 0 aromatic rings. The van der Waals surface area contributed by atoms with Crippen LogP contribution in [0.4, 0.5) is 0 Å². The van der Waals surface area contributed by atoms with Crippen LogP contribution in [0.1, 0.15) is 212 Å². The quantitative estimate of drug-likeness (QED) is 0.0717. The molecule has 0 aromatic carbocycles. The average molecular weight is 582 g/mol. The van der Waals surface area contributed by atoms with Crippen molar-refractivity contribution < 1.29 is 10.2 Å². The number of hydrogen-bond acceptors (Lipinski definition) is 3. The van der Waals surface area contributed by atoms with Crippen molar-refractivity contribution in [2.24, 2.45) is 0 Å². The second-order valence-corrected chi connectivity index (χ2v) is 13.2. The predicted molar refractivity (Wildman–Crippen MR) is 184 cm³/mol. The lowest BCUT2D eigenvalue weighted by atomic mass is 10.0. The van der Waals surface area contributed by atoms with Gasteiger partial charge in [-0.25, -0.2) is 0 Å². The van der Waals surface area contributed by atoms with Gasteiger partial charge in [0.25, 0.3) is 0 Å². The fourth-order valence-corrected chi connectivity index (χ4v) is 6.27. The van der Waals surface area contributed by atoms with Crippen molar-refractivity contribution in [3.05, 3.63) is 0 Å². The first-order valence-corrected chi connectivity index (χ1v) is 19.3. The van der Waals surface area contributed by atoms with E-state index in [1.165, 1.54) is 212 Å². The summed E-state index contributed by atoms with van der Waals surface area (Å²) in [6, 6.07) is 0. The molecule has 3 nitrogen and oxygen atoms in total. The molecule has 41 heavy (non-hydrogen) atoms. The minimum atomic E-state index is 0.369. The Morgan fingerprint density at radius 3 is 0.610 bits per heavy atom. The van der Waals surface area contributed by atoms with Crippen LogP contribution in [-0.4, -0.2) is 48.0 Å². The van der Waals surface area contributed by atoms with Crippen molar-refractivity contribution in [1.29, 1.82) is 0 Å². The zero-order chi connectivity index (χ0) is 29.7. The lowest BCUT2D eigenvalue weighted by Crippen LogP contribution is -2.25. The number of aliphatic hydroxyl groups is 2. The molecule has 0 aliphatic rings. The van der Waals surface area contributed by atoms with E-state index in [1.54, 1.807) is 0 Å². The smallest absolute Gasteiger partial charge is 0.0431 e. The molecule has 0 aliphatic carbocycles. The molecule has 0 aromatic heterocycles. The molecular formula is C38H79NO2. The van der Waals surface area contributed by atoms with Crippen molar-refractivity contribution in [1.82, 2.24) is 4.90 Å². The summed E-state index contributed by atoms with van der Waals surface area (Å²) >= 11 is 0. The summed E-state index contributed by atoms with van der Waals surface area (Å²) in [4.78, 5) is 2.70. The Balaban J connectivity index is 3.24. The molecule has 0 saturated carbocycles. The molecule has 0 unspecified atom stereocenters. The molecule has 3 heteroatoms. The molecule has 2 N–H and O–H groups in total. The number of nitrogens with zero attached hydrogens (tertiary/aromatic N) is 1. The van der Waals surface area contributed by atoms with Crippen molar-refractivity contribution in [3.8, 4) is 0 Å². The number of unbranched alkanes of at least 4 members (excludes halogenated alkanes) is 30. The Bertz CT molecular complexity index is 406. The topological polar surface area (TPSA) is 43.7 Å². The van der Waals surface area contributed by atoms with Gasteiger partial charge in [0.15, 0.2) is 0 Å². The third-order valence-corrected chi connectivity index (χ3v) is 9.21. The third-order valence-electron chi connectivity index (χ3n) is 9.21. The van der Waals surface area contributed by atoms with Crippen LogP contribution in [0.15, 0.2) is 0 Å². The molecule has 0 radical (unpaired) electrons. The molecule has 0 atom stereocenters. The summed E-state index contributed by atoms with van der Waals surface area (Å²) in [5, 5.41) is 17.6. The van der Waals surface area contributed by atoms with Crippen molar-refractivity contribution in [3.63, 3.8) is 0 Å². The normalized spacial score (nSPS) is 11.7. The first kappa shape index (κ1) is 40.9. The predicted octanol–water partition coefficient (Wildman–Crippen LogP) is 11.8. The Kier molecular flexibility index (Phi) is 37.8. The minimum Gasteiger partial charge on any atom is -0.396 e. The van der Waals surface area contributed by atoms with Gasteiger partial charge in [0, 0.05) is 13.2 Å². The van der Waals surface area contributed by atoms with Gasteiger partial charge in [-0.1, -0.05) is 187 Å². The third kappa shape index (κ3) is 36.0. The summed E-state index contributed by atoms with van der Waals surface area (Å²) in [5.74, 6) is 0. The highest BCUT2D eigenvalue weighted by molar-refractivity contribution is 4.58. The molecule has 0 fully saturated rings. The lowest BCUT2D eigenvalue weighted by molar-refractivity contribution is 0.273. The van der Waals surface area contributed by atoms with Crippen LogP contribution >= 0.6 is 0 Å². The Labute approximate surface area is 260 Å². The summed E-state index contributed by atoms with van der Waals surface area (Å²) < 4.78 is 0. The first-order valence-electron chi connectivity index (χ1n) is 19.3. The molecule has 0 bridgehead atoms. The van der Waals surface area contributed by atoms with Gasteiger partial charge < -0.3 is 15.1 Å². The van der Waals surface area contributed by atoms with Crippen LogP contribution in [0, 0.1) is 0 Å². The van der Waals surface area contributed by atoms with Crippen molar-refractivity contribution in [2.75, 3.05) is 32.8 Å². The van der Waals surface area contributed by atoms with Crippen LogP contribution in [0.2, 0.25) is 0 Å². The summed E-state index contributed by atoms with van der Waals surface area (Å²) in [5.41, 5.74) is 0. The molecule has 0 heterocycles. The molecule has 248 valence electrons. The van der Waals surface area contributed by atoms with Gasteiger partial charge in [0.05, 0.1) is 0 Å². The molecule has 0 rings (SSSR count). The van der Waals surface area contributed by atoms with Gasteiger partial charge in [-0.05, 0) is 45.3 Å². The molecule has 0 aliphatic heterocycles.